The van der Waals surface area contributed by atoms with E-state index in [0.29, 0.717) is 5.02 Å². The minimum absolute atomic E-state index is 0.457. The van der Waals surface area contributed by atoms with Crippen molar-refractivity contribution in [3.05, 3.63) is 34.9 Å². The van der Waals surface area contributed by atoms with Crippen LogP contribution in [0.2, 0.25) is 5.02 Å². The van der Waals surface area contributed by atoms with E-state index in [9.17, 15) is 5.11 Å². The maximum absolute atomic E-state index is 10.3. The summed E-state index contributed by atoms with van der Waals surface area (Å²) in [5.74, 6) is 2.89. The van der Waals surface area contributed by atoms with Gasteiger partial charge in [-0.25, -0.2) is 0 Å². The molecule has 2 nitrogen and oxygen atoms in total. The van der Waals surface area contributed by atoms with Crippen LogP contribution in [-0.4, -0.2) is 30.1 Å². The third kappa shape index (κ3) is 3.61. The Kier molecular flexibility index (Phi) is 4.88. The second-order valence-electron chi connectivity index (χ2n) is 7.02. The molecule has 1 aromatic rings. The molecule has 2 saturated carbocycles. The lowest BCUT2D eigenvalue weighted by Gasteiger charge is -2.27. The quantitative estimate of drug-likeness (QED) is 0.854. The van der Waals surface area contributed by atoms with Crippen molar-refractivity contribution >= 4 is 11.6 Å². The summed E-state index contributed by atoms with van der Waals surface area (Å²) in [4.78, 5) is 2.39. The fourth-order valence-electron chi connectivity index (χ4n) is 4.34. The van der Waals surface area contributed by atoms with Crippen molar-refractivity contribution in [3.63, 3.8) is 0 Å². The Morgan fingerprint density at radius 1 is 1.29 bits per heavy atom. The molecule has 2 fully saturated rings. The number of hydrogen-bond donors (Lipinski definition) is 1. The topological polar surface area (TPSA) is 23.5 Å². The predicted molar refractivity (Wildman–Crippen MR) is 87.5 cm³/mol. The van der Waals surface area contributed by atoms with Crippen LogP contribution >= 0.6 is 11.6 Å². The zero-order valence-corrected chi connectivity index (χ0v) is 13.6. The van der Waals surface area contributed by atoms with E-state index in [-0.39, 0.29) is 0 Å². The summed E-state index contributed by atoms with van der Waals surface area (Å²) < 4.78 is 0. The molecule has 3 heteroatoms. The van der Waals surface area contributed by atoms with Crippen molar-refractivity contribution in [1.82, 2.24) is 4.90 Å². The van der Waals surface area contributed by atoms with E-state index in [0.717, 1.165) is 36.3 Å². The Balaban J connectivity index is 1.45. The standard InChI is InChI=1S/C18H26ClNO/c1-20(12-15-11-13-6-7-14(15)10-13)9-8-18(21)16-4-2-3-5-17(16)19/h2-5,13-15,18,21H,6-12H2,1H3. The van der Waals surface area contributed by atoms with E-state index >= 15 is 0 Å². The first-order valence-electron chi connectivity index (χ1n) is 8.24. The number of halogens is 1. The molecule has 116 valence electrons. The molecule has 2 aliphatic rings. The molecule has 21 heavy (non-hydrogen) atoms. The zero-order chi connectivity index (χ0) is 14.8. The highest BCUT2D eigenvalue weighted by atomic mass is 35.5. The number of benzene rings is 1. The van der Waals surface area contributed by atoms with Crippen LogP contribution in [0.3, 0.4) is 0 Å². The van der Waals surface area contributed by atoms with Crippen LogP contribution in [0, 0.1) is 17.8 Å². The van der Waals surface area contributed by atoms with E-state index in [4.69, 9.17) is 11.6 Å². The molecule has 4 unspecified atom stereocenters. The van der Waals surface area contributed by atoms with Crippen molar-refractivity contribution in [1.29, 1.82) is 0 Å². The summed E-state index contributed by atoms with van der Waals surface area (Å²) in [5.41, 5.74) is 0.854. The highest BCUT2D eigenvalue weighted by Gasteiger charge is 2.39. The van der Waals surface area contributed by atoms with Gasteiger partial charge in [0, 0.05) is 18.1 Å². The molecular formula is C18H26ClNO. The Morgan fingerprint density at radius 2 is 2.10 bits per heavy atom. The van der Waals surface area contributed by atoms with Crippen LogP contribution < -0.4 is 0 Å². The maximum atomic E-state index is 10.3. The third-order valence-corrected chi connectivity index (χ3v) is 5.82. The van der Waals surface area contributed by atoms with Gasteiger partial charge in [-0.05, 0) is 62.1 Å². The van der Waals surface area contributed by atoms with Crippen molar-refractivity contribution in [2.75, 3.05) is 20.1 Å². The van der Waals surface area contributed by atoms with Gasteiger partial charge in [0.15, 0.2) is 0 Å². The first-order chi connectivity index (χ1) is 10.1. The van der Waals surface area contributed by atoms with Gasteiger partial charge >= 0.3 is 0 Å². The molecule has 1 N–H and O–H groups in total. The van der Waals surface area contributed by atoms with Gasteiger partial charge in [-0.15, -0.1) is 0 Å². The molecule has 0 amide bonds. The number of fused-ring (bicyclic) bond motifs is 2. The van der Waals surface area contributed by atoms with Gasteiger partial charge in [-0.1, -0.05) is 36.2 Å². The lowest BCUT2D eigenvalue weighted by atomic mass is 9.88. The highest BCUT2D eigenvalue weighted by molar-refractivity contribution is 6.31. The average molecular weight is 308 g/mol. The normalized spacial score (nSPS) is 29.2. The zero-order valence-electron chi connectivity index (χ0n) is 12.8. The Bertz CT molecular complexity index is 478. The van der Waals surface area contributed by atoms with Gasteiger partial charge < -0.3 is 10.0 Å². The molecule has 4 atom stereocenters. The molecule has 1 aromatic carbocycles. The Labute approximate surface area is 133 Å². The predicted octanol–water partition coefficient (Wildman–Crippen LogP) is 4.13. The van der Waals surface area contributed by atoms with E-state index in [1.54, 1.807) is 0 Å². The lowest BCUT2D eigenvalue weighted by molar-refractivity contribution is 0.138. The molecule has 3 rings (SSSR count). The van der Waals surface area contributed by atoms with Gasteiger partial charge in [0.1, 0.15) is 0 Å². The largest absolute Gasteiger partial charge is 0.388 e. The number of aliphatic hydroxyl groups is 1. The first kappa shape index (κ1) is 15.3. The molecule has 2 bridgehead atoms. The number of hydrogen-bond acceptors (Lipinski definition) is 2. The lowest BCUT2D eigenvalue weighted by Crippen LogP contribution is -2.30. The van der Waals surface area contributed by atoms with Gasteiger partial charge in [0.2, 0.25) is 0 Å². The minimum Gasteiger partial charge on any atom is -0.388 e. The Hall–Kier alpha value is -0.570. The Morgan fingerprint density at radius 3 is 2.76 bits per heavy atom. The van der Waals surface area contributed by atoms with Crippen molar-refractivity contribution in [2.45, 2.75) is 38.2 Å². The SMILES string of the molecule is CN(CCC(O)c1ccccc1Cl)CC1CC2CCC1C2. The van der Waals surface area contributed by atoms with Gasteiger partial charge in [-0.3, -0.25) is 0 Å². The molecule has 2 aliphatic carbocycles. The second kappa shape index (κ2) is 6.68. The average Bonchev–Trinajstić information content (AvgIpc) is 3.08. The van der Waals surface area contributed by atoms with Crippen LogP contribution in [0.4, 0.5) is 0 Å². The summed E-state index contributed by atoms with van der Waals surface area (Å²) in [7, 11) is 2.19. The molecule has 0 radical (unpaired) electrons. The third-order valence-electron chi connectivity index (χ3n) is 5.48. The molecule has 0 spiro atoms. The van der Waals surface area contributed by atoms with Crippen LogP contribution in [0.5, 0.6) is 0 Å². The number of rotatable bonds is 6. The van der Waals surface area contributed by atoms with Crippen molar-refractivity contribution in [3.8, 4) is 0 Å². The fourth-order valence-corrected chi connectivity index (χ4v) is 4.60. The van der Waals surface area contributed by atoms with Gasteiger partial charge in [0.25, 0.3) is 0 Å². The maximum Gasteiger partial charge on any atom is 0.0816 e. The van der Waals surface area contributed by atoms with E-state index in [2.05, 4.69) is 11.9 Å². The monoisotopic (exact) mass is 307 g/mol. The number of aliphatic hydroxyl groups excluding tert-OH is 1. The van der Waals surface area contributed by atoms with Crippen LogP contribution in [-0.2, 0) is 0 Å². The van der Waals surface area contributed by atoms with Crippen LogP contribution in [0.15, 0.2) is 24.3 Å². The fraction of sp³-hybridized carbons (Fsp3) is 0.667. The van der Waals surface area contributed by atoms with Crippen molar-refractivity contribution < 1.29 is 5.11 Å². The molecule has 0 aromatic heterocycles. The summed E-state index contributed by atoms with van der Waals surface area (Å²) >= 11 is 6.14. The second-order valence-corrected chi connectivity index (χ2v) is 7.43. The summed E-state index contributed by atoms with van der Waals surface area (Å²) in [5, 5.41) is 11.0. The van der Waals surface area contributed by atoms with Gasteiger partial charge in [-0.2, -0.15) is 0 Å². The van der Waals surface area contributed by atoms with Gasteiger partial charge in [0.05, 0.1) is 6.10 Å². The summed E-state index contributed by atoms with van der Waals surface area (Å²) in [6.07, 6.45) is 6.12. The van der Waals surface area contributed by atoms with Crippen LogP contribution in [0.1, 0.15) is 43.8 Å². The summed E-state index contributed by atoms with van der Waals surface area (Å²) in [6, 6.07) is 7.60. The van der Waals surface area contributed by atoms with Crippen molar-refractivity contribution in [2.24, 2.45) is 17.8 Å². The summed E-state index contributed by atoms with van der Waals surface area (Å²) in [6.45, 7) is 2.12. The van der Waals surface area contributed by atoms with Crippen LogP contribution in [0.25, 0.3) is 0 Å². The van der Waals surface area contributed by atoms with E-state index in [1.165, 1.54) is 32.2 Å². The minimum atomic E-state index is -0.457. The smallest absolute Gasteiger partial charge is 0.0816 e. The first-order valence-corrected chi connectivity index (χ1v) is 8.62. The molecule has 0 heterocycles. The highest BCUT2D eigenvalue weighted by Crippen LogP contribution is 2.48. The molecule has 0 saturated heterocycles. The molecular weight excluding hydrogens is 282 g/mol. The number of nitrogens with zero attached hydrogens (tertiary/aromatic N) is 1. The molecule has 0 aliphatic heterocycles. The van der Waals surface area contributed by atoms with E-state index in [1.807, 2.05) is 24.3 Å². The van der Waals surface area contributed by atoms with E-state index < -0.39 is 6.10 Å².